The quantitative estimate of drug-likeness (QED) is 0.226. The number of anilines is 2. The Hall–Kier alpha value is -3.73. The predicted octanol–water partition coefficient (Wildman–Crippen LogP) is 6.40. The molecule has 0 fully saturated rings. The van der Waals surface area contributed by atoms with Crippen LogP contribution in [-0.4, -0.2) is 45.9 Å². The Morgan fingerprint density at radius 1 is 0.714 bits per heavy atom. The fourth-order valence-corrected chi connectivity index (χ4v) is 3.90. The summed E-state index contributed by atoms with van der Waals surface area (Å²) in [7, 11) is 1.60. The molecule has 0 saturated carbocycles. The number of nitrogens with zero attached hydrogens (tertiary/aromatic N) is 2. The van der Waals surface area contributed by atoms with Crippen LogP contribution >= 0.6 is 0 Å². The molecular weight excluding hydrogens is 436 g/mol. The van der Waals surface area contributed by atoms with Gasteiger partial charge in [0.25, 0.3) is 0 Å². The molecule has 3 rings (SSSR count). The Labute approximate surface area is 209 Å². The van der Waals surface area contributed by atoms with Gasteiger partial charge in [-0.1, -0.05) is 36.4 Å². The van der Waals surface area contributed by atoms with Crippen molar-refractivity contribution in [3.8, 4) is 5.75 Å². The molecule has 0 aliphatic heterocycles. The highest BCUT2D eigenvalue weighted by Gasteiger charge is 2.09. The lowest BCUT2D eigenvalue weighted by molar-refractivity contribution is 0.0515. The van der Waals surface area contributed by atoms with E-state index in [0.717, 1.165) is 30.9 Å². The second-order valence-corrected chi connectivity index (χ2v) is 8.13. The van der Waals surface area contributed by atoms with Gasteiger partial charge in [0.05, 0.1) is 19.2 Å². The third-order valence-corrected chi connectivity index (χ3v) is 6.05. The number of hydrogen-bond acceptors (Lipinski definition) is 5. The molecule has 0 aliphatic rings. The normalized spacial score (nSPS) is 10.9. The van der Waals surface area contributed by atoms with E-state index in [-0.39, 0.29) is 5.97 Å². The molecule has 5 heteroatoms. The zero-order valence-electron chi connectivity index (χ0n) is 21.2. The Kier molecular flexibility index (Phi) is 9.79. The summed E-state index contributed by atoms with van der Waals surface area (Å²) in [5.41, 5.74) is 5.20. The van der Waals surface area contributed by atoms with E-state index in [1.54, 1.807) is 31.4 Å². The average Bonchev–Trinajstić information content (AvgIpc) is 2.91. The molecule has 0 spiro atoms. The van der Waals surface area contributed by atoms with Crippen molar-refractivity contribution >= 4 is 29.5 Å². The molecule has 0 saturated heterocycles. The van der Waals surface area contributed by atoms with Crippen LogP contribution in [0.1, 0.15) is 42.3 Å². The minimum Gasteiger partial charge on any atom is -0.497 e. The molecule has 0 amide bonds. The van der Waals surface area contributed by atoms with Gasteiger partial charge in [0.15, 0.2) is 0 Å². The molecule has 0 radical (unpaired) electrons. The van der Waals surface area contributed by atoms with Gasteiger partial charge in [0, 0.05) is 31.0 Å². The molecule has 0 aromatic heterocycles. The molecule has 35 heavy (non-hydrogen) atoms. The minimum absolute atomic E-state index is 0.323. The van der Waals surface area contributed by atoms with Gasteiger partial charge < -0.3 is 19.3 Å². The number of rotatable bonds is 12. The number of hydrogen-bond donors (Lipinski definition) is 0. The van der Waals surface area contributed by atoms with Crippen LogP contribution in [0.15, 0.2) is 72.8 Å². The molecular formula is C30H36N2O3. The van der Waals surface area contributed by atoms with Crippen LogP contribution in [0.4, 0.5) is 11.4 Å². The first-order valence-corrected chi connectivity index (χ1v) is 12.3. The Bertz CT molecular complexity index is 1070. The molecule has 0 unspecified atom stereocenters. The standard InChI is InChI=1S/C30H36N2O3/c1-5-31(6-2)27-16-10-24(11-17-27)8-9-25-12-18-28(19-13-25)32(7-3)22-23-35-30(33)26-14-20-29(34-4)21-15-26/h8-21H,5-7,22-23H2,1-4H3. The Morgan fingerprint density at radius 3 is 1.66 bits per heavy atom. The number of carbonyl (C=O) groups excluding carboxylic acids is 1. The summed E-state index contributed by atoms with van der Waals surface area (Å²) in [4.78, 5) is 16.8. The van der Waals surface area contributed by atoms with Crippen molar-refractivity contribution in [3.63, 3.8) is 0 Å². The van der Waals surface area contributed by atoms with Crippen LogP contribution in [0, 0.1) is 0 Å². The summed E-state index contributed by atoms with van der Waals surface area (Å²) in [6.07, 6.45) is 4.26. The molecule has 5 nitrogen and oxygen atoms in total. The summed E-state index contributed by atoms with van der Waals surface area (Å²) in [5, 5.41) is 0. The highest BCUT2D eigenvalue weighted by molar-refractivity contribution is 5.89. The fraction of sp³-hybridized carbons (Fsp3) is 0.300. The van der Waals surface area contributed by atoms with E-state index < -0.39 is 0 Å². The molecule has 0 heterocycles. The van der Waals surface area contributed by atoms with Crippen molar-refractivity contribution in [2.45, 2.75) is 20.8 Å². The van der Waals surface area contributed by atoms with E-state index in [9.17, 15) is 4.79 Å². The zero-order chi connectivity index (χ0) is 25.0. The number of ether oxygens (including phenoxy) is 2. The van der Waals surface area contributed by atoms with Crippen molar-refractivity contribution in [3.05, 3.63) is 89.5 Å². The summed E-state index contributed by atoms with van der Waals surface area (Å²) in [6, 6.07) is 24.1. The van der Waals surface area contributed by atoms with Gasteiger partial charge in [-0.15, -0.1) is 0 Å². The van der Waals surface area contributed by atoms with Gasteiger partial charge >= 0.3 is 5.97 Å². The van der Waals surface area contributed by atoms with Crippen molar-refractivity contribution in [1.29, 1.82) is 0 Å². The molecule has 3 aromatic carbocycles. The van der Waals surface area contributed by atoms with Gasteiger partial charge in [-0.05, 0) is 80.4 Å². The summed E-state index contributed by atoms with van der Waals surface area (Å²) < 4.78 is 10.6. The molecule has 184 valence electrons. The Morgan fingerprint density at radius 2 is 1.20 bits per heavy atom. The largest absolute Gasteiger partial charge is 0.497 e. The van der Waals surface area contributed by atoms with Gasteiger partial charge in [0.2, 0.25) is 0 Å². The summed E-state index contributed by atoms with van der Waals surface area (Å²) >= 11 is 0. The summed E-state index contributed by atoms with van der Waals surface area (Å²) in [5.74, 6) is 0.388. The maximum Gasteiger partial charge on any atom is 0.338 e. The first kappa shape index (κ1) is 25.9. The Balaban J connectivity index is 1.52. The molecule has 3 aromatic rings. The summed E-state index contributed by atoms with van der Waals surface area (Å²) in [6.45, 7) is 10.3. The van der Waals surface area contributed by atoms with E-state index in [0.29, 0.717) is 24.5 Å². The van der Waals surface area contributed by atoms with Crippen molar-refractivity contribution in [2.75, 3.05) is 49.7 Å². The van der Waals surface area contributed by atoms with Crippen LogP contribution < -0.4 is 14.5 Å². The number of carbonyl (C=O) groups is 1. The molecule has 0 atom stereocenters. The van der Waals surface area contributed by atoms with E-state index in [1.165, 1.54) is 11.3 Å². The lowest BCUT2D eigenvalue weighted by Gasteiger charge is -2.23. The van der Waals surface area contributed by atoms with E-state index in [4.69, 9.17) is 9.47 Å². The van der Waals surface area contributed by atoms with Crippen LogP contribution in [0.2, 0.25) is 0 Å². The number of methoxy groups -OCH3 is 1. The van der Waals surface area contributed by atoms with Crippen LogP contribution in [0.5, 0.6) is 5.75 Å². The van der Waals surface area contributed by atoms with Gasteiger partial charge in [-0.2, -0.15) is 0 Å². The second kappa shape index (κ2) is 13.2. The predicted molar refractivity (Wildman–Crippen MR) is 147 cm³/mol. The lowest BCUT2D eigenvalue weighted by Crippen LogP contribution is -2.28. The third-order valence-electron chi connectivity index (χ3n) is 6.05. The van der Waals surface area contributed by atoms with Gasteiger partial charge in [-0.3, -0.25) is 0 Å². The minimum atomic E-state index is -0.325. The van der Waals surface area contributed by atoms with Crippen molar-refractivity contribution in [2.24, 2.45) is 0 Å². The maximum atomic E-state index is 12.3. The van der Waals surface area contributed by atoms with E-state index in [1.807, 2.05) is 0 Å². The second-order valence-electron chi connectivity index (χ2n) is 8.13. The highest BCUT2D eigenvalue weighted by Crippen LogP contribution is 2.19. The number of esters is 1. The molecule has 0 bridgehead atoms. The SMILES string of the molecule is CCN(CC)c1ccc(C=Cc2ccc(N(CC)CCOC(=O)c3ccc(OC)cc3)cc2)cc1. The smallest absolute Gasteiger partial charge is 0.338 e. The van der Waals surface area contributed by atoms with Crippen molar-refractivity contribution < 1.29 is 14.3 Å². The highest BCUT2D eigenvalue weighted by atomic mass is 16.5. The van der Waals surface area contributed by atoms with Gasteiger partial charge in [0.1, 0.15) is 12.4 Å². The van der Waals surface area contributed by atoms with Crippen LogP contribution in [0.25, 0.3) is 12.2 Å². The molecule has 0 aliphatic carbocycles. The van der Waals surface area contributed by atoms with Crippen LogP contribution in [0.3, 0.4) is 0 Å². The average molecular weight is 473 g/mol. The third kappa shape index (κ3) is 7.38. The van der Waals surface area contributed by atoms with E-state index in [2.05, 4.69) is 91.3 Å². The fourth-order valence-electron chi connectivity index (χ4n) is 3.90. The lowest BCUT2D eigenvalue weighted by atomic mass is 10.1. The van der Waals surface area contributed by atoms with Crippen LogP contribution in [-0.2, 0) is 4.74 Å². The first-order chi connectivity index (χ1) is 17.1. The van der Waals surface area contributed by atoms with Gasteiger partial charge in [-0.25, -0.2) is 4.79 Å². The monoisotopic (exact) mass is 472 g/mol. The maximum absolute atomic E-state index is 12.3. The first-order valence-electron chi connectivity index (χ1n) is 12.3. The van der Waals surface area contributed by atoms with Crippen molar-refractivity contribution in [1.82, 2.24) is 0 Å². The number of likely N-dealkylation sites (N-methyl/N-ethyl adjacent to an activating group) is 1. The van der Waals surface area contributed by atoms with E-state index >= 15 is 0 Å². The number of benzene rings is 3. The zero-order valence-corrected chi connectivity index (χ0v) is 21.2. The topological polar surface area (TPSA) is 42.0 Å². The molecule has 0 N–H and O–H groups in total.